The Morgan fingerprint density at radius 2 is 2.23 bits per heavy atom. The van der Waals surface area contributed by atoms with Crippen molar-refractivity contribution in [2.45, 2.75) is 0 Å². The van der Waals surface area contributed by atoms with E-state index in [4.69, 9.17) is 9.47 Å². The van der Waals surface area contributed by atoms with Gasteiger partial charge < -0.3 is 14.8 Å². The van der Waals surface area contributed by atoms with Crippen LogP contribution >= 0.6 is 11.3 Å². The molecular weight excluding hydrogens is 400 g/mol. The second kappa shape index (κ2) is 8.79. The van der Waals surface area contributed by atoms with Crippen LogP contribution < -0.4 is 19.6 Å². The largest absolute Gasteiger partial charge is 0.497 e. The van der Waals surface area contributed by atoms with Gasteiger partial charge in [0.25, 0.3) is 5.91 Å². The fourth-order valence-electron chi connectivity index (χ4n) is 2.95. The third-order valence-corrected chi connectivity index (χ3v) is 5.22. The number of benzene rings is 2. The van der Waals surface area contributed by atoms with Gasteiger partial charge in [0.2, 0.25) is 4.80 Å². The normalized spacial score (nSPS) is 13.6. The van der Waals surface area contributed by atoms with Gasteiger partial charge in [0.15, 0.2) is 6.61 Å². The fraction of sp³-hybridized carbons (Fsp3) is 0.136. The maximum Gasteiger partial charge on any atom is 0.262 e. The second-order valence-electron chi connectivity index (χ2n) is 6.41. The zero-order chi connectivity index (χ0) is 20.9. The summed E-state index contributed by atoms with van der Waals surface area (Å²) < 4.78 is 12.5. The van der Waals surface area contributed by atoms with Gasteiger partial charge in [-0.05, 0) is 35.9 Å². The van der Waals surface area contributed by atoms with Crippen LogP contribution in [0.15, 0.2) is 70.6 Å². The van der Waals surface area contributed by atoms with Gasteiger partial charge in [0, 0.05) is 10.9 Å². The van der Waals surface area contributed by atoms with E-state index in [-0.39, 0.29) is 12.5 Å². The lowest BCUT2D eigenvalue weighted by molar-refractivity contribution is -0.118. The molecule has 0 radical (unpaired) electrons. The summed E-state index contributed by atoms with van der Waals surface area (Å²) in [5.41, 5.74) is 3.28. The van der Waals surface area contributed by atoms with Gasteiger partial charge in [0.1, 0.15) is 11.5 Å². The summed E-state index contributed by atoms with van der Waals surface area (Å²) in [5.74, 6) is 1.24. The lowest BCUT2D eigenvalue weighted by atomic mass is 10.1. The average Bonchev–Trinajstić information content (AvgIpc) is 3.18. The summed E-state index contributed by atoms with van der Waals surface area (Å²) in [5, 5.41) is 9.49. The topological polar surface area (TPSA) is 77.2 Å². The third-order valence-electron chi connectivity index (χ3n) is 4.37. The summed E-state index contributed by atoms with van der Waals surface area (Å²) in [6.45, 7) is 4.25. The van der Waals surface area contributed by atoms with E-state index in [0.29, 0.717) is 18.0 Å². The Morgan fingerprint density at radius 3 is 3.07 bits per heavy atom. The number of carbonyl (C=O) groups is 1. The van der Waals surface area contributed by atoms with E-state index in [9.17, 15) is 4.79 Å². The van der Waals surface area contributed by atoms with Gasteiger partial charge in [0.05, 0.1) is 31.3 Å². The van der Waals surface area contributed by atoms with Gasteiger partial charge in [-0.3, -0.25) is 9.79 Å². The van der Waals surface area contributed by atoms with E-state index in [1.165, 1.54) is 11.3 Å². The number of carbonyl (C=O) groups excluding carboxylic acids is 1. The quantitative estimate of drug-likeness (QED) is 0.490. The number of ether oxygens (including phenoxy) is 2. The Labute approximate surface area is 177 Å². The summed E-state index contributed by atoms with van der Waals surface area (Å²) >= 11 is 1.48. The first-order chi connectivity index (χ1) is 14.7. The molecule has 2 aromatic carbocycles. The number of amides is 1. The van der Waals surface area contributed by atoms with Crippen molar-refractivity contribution < 1.29 is 14.3 Å². The molecule has 3 aromatic rings. The van der Waals surface area contributed by atoms with Crippen molar-refractivity contribution in [2.24, 2.45) is 10.1 Å². The number of fused-ring (bicyclic) bond motifs is 1. The number of hydrogen-bond acceptors (Lipinski definition) is 6. The Kier molecular flexibility index (Phi) is 5.76. The van der Waals surface area contributed by atoms with Crippen molar-refractivity contribution in [3.05, 3.63) is 70.9 Å². The van der Waals surface area contributed by atoms with E-state index in [1.807, 2.05) is 47.8 Å². The van der Waals surface area contributed by atoms with Gasteiger partial charge in [-0.15, -0.1) is 17.9 Å². The zero-order valence-corrected chi connectivity index (χ0v) is 17.2. The van der Waals surface area contributed by atoms with E-state index < -0.39 is 0 Å². The molecule has 0 unspecified atom stereocenters. The number of aromatic nitrogens is 1. The van der Waals surface area contributed by atoms with E-state index >= 15 is 0 Å². The number of rotatable bonds is 6. The number of hydrogen-bond donors (Lipinski definition) is 1. The molecule has 1 N–H and O–H groups in total. The molecule has 8 heteroatoms. The van der Waals surface area contributed by atoms with Crippen molar-refractivity contribution in [3.8, 4) is 22.8 Å². The van der Waals surface area contributed by atoms with E-state index in [2.05, 4.69) is 22.0 Å². The van der Waals surface area contributed by atoms with Crippen molar-refractivity contribution in [2.75, 3.05) is 25.6 Å². The van der Waals surface area contributed by atoms with Crippen LogP contribution in [0.3, 0.4) is 0 Å². The first kappa shape index (κ1) is 19.7. The average molecular weight is 420 g/mol. The SMILES string of the molecule is C=CCN=c1scc(-c2ccc3c(c2)NC(=O)CO3)n1N=Cc1cccc(OC)c1. The highest BCUT2D eigenvalue weighted by atomic mass is 32.1. The number of anilines is 1. The fourth-order valence-corrected chi connectivity index (χ4v) is 3.80. The van der Waals surface area contributed by atoms with Gasteiger partial charge in [-0.25, -0.2) is 4.68 Å². The smallest absolute Gasteiger partial charge is 0.262 e. The molecule has 4 rings (SSSR count). The summed E-state index contributed by atoms with van der Waals surface area (Å²) in [6.07, 6.45) is 3.50. The molecule has 1 aliphatic heterocycles. The lowest BCUT2D eigenvalue weighted by Gasteiger charge is -2.18. The van der Waals surface area contributed by atoms with Crippen molar-refractivity contribution >= 4 is 29.1 Å². The molecule has 0 fully saturated rings. The van der Waals surface area contributed by atoms with Crippen molar-refractivity contribution in [1.29, 1.82) is 0 Å². The summed E-state index contributed by atoms with van der Waals surface area (Å²) in [4.78, 5) is 17.0. The molecule has 0 spiro atoms. The first-order valence-electron chi connectivity index (χ1n) is 9.25. The molecule has 0 aliphatic carbocycles. The minimum absolute atomic E-state index is 0.0280. The predicted octanol–water partition coefficient (Wildman–Crippen LogP) is 3.53. The van der Waals surface area contributed by atoms with Gasteiger partial charge in [-0.2, -0.15) is 5.10 Å². The summed E-state index contributed by atoms with van der Waals surface area (Å²) in [7, 11) is 1.63. The molecule has 1 aliphatic rings. The molecular formula is C22H20N4O3S. The van der Waals surface area contributed by atoms with Crippen molar-refractivity contribution in [1.82, 2.24) is 4.68 Å². The van der Waals surface area contributed by atoms with Crippen molar-refractivity contribution in [3.63, 3.8) is 0 Å². The molecule has 2 heterocycles. The molecule has 1 aromatic heterocycles. The number of thiazole rings is 1. The molecule has 30 heavy (non-hydrogen) atoms. The number of nitrogens with one attached hydrogen (secondary N) is 1. The van der Waals surface area contributed by atoms with E-state index in [0.717, 1.165) is 27.4 Å². The molecule has 0 atom stereocenters. The Balaban J connectivity index is 1.76. The molecule has 7 nitrogen and oxygen atoms in total. The van der Waals surface area contributed by atoms with Crippen LogP contribution in [0.4, 0.5) is 5.69 Å². The van der Waals surface area contributed by atoms with Crippen LogP contribution in [0.2, 0.25) is 0 Å². The number of nitrogens with zero attached hydrogens (tertiary/aromatic N) is 3. The van der Waals surface area contributed by atoms with E-state index in [1.54, 1.807) is 24.1 Å². The first-order valence-corrected chi connectivity index (χ1v) is 10.1. The lowest BCUT2D eigenvalue weighted by Crippen LogP contribution is -2.25. The van der Waals surface area contributed by atoms with Gasteiger partial charge in [-0.1, -0.05) is 18.2 Å². The van der Waals surface area contributed by atoms with Crippen LogP contribution in [-0.4, -0.2) is 37.1 Å². The minimum Gasteiger partial charge on any atom is -0.497 e. The zero-order valence-electron chi connectivity index (χ0n) is 16.4. The van der Waals surface area contributed by atoms with Crippen LogP contribution in [0.5, 0.6) is 11.5 Å². The highest BCUT2D eigenvalue weighted by Gasteiger charge is 2.17. The minimum atomic E-state index is -0.171. The Hall–Kier alpha value is -3.65. The predicted molar refractivity (Wildman–Crippen MR) is 118 cm³/mol. The van der Waals surface area contributed by atoms with Crippen LogP contribution in [-0.2, 0) is 4.79 Å². The Morgan fingerprint density at radius 1 is 1.33 bits per heavy atom. The Bertz CT molecular complexity index is 1190. The van der Waals surface area contributed by atoms with Crippen LogP contribution in [0.1, 0.15) is 5.56 Å². The maximum absolute atomic E-state index is 11.7. The maximum atomic E-state index is 11.7. The molecule has 0 saturated heterocycles. The monoisotopic (exact) mass is 420 g/mol. The highest BCUT2D eigenvalue weighted by molar-refractivity contribution is 7.07. The molecule has 0 saturated carbocycles. The molecule has 152 valence electrons. The third kappa shape index (κ3) is 4.18. The van der Waals surface area contributed by atoms with Crippen LogP contribution in [0.25, 0.3) is 11.3 Å². The second-order valence-corrected chi connectivity index (χ2v) is 7.25. The molecule has 1 amide bonds. The van der Waals surface area contributed by atoms with Gasteiger partial charge >= 0.3 is 0 Å². The molecule has 0 bridgehead atoms. The van der Waals surface area contributed by atoms with Crippen LogP contribution in [0, 0.1) is 0 Å². The highest BCUT2D eigenvalue weighted by Crippen LogP contribution is 2.32. The standard InChI is InChI=1S/C22H20N4O3S/c1-3-9-23-22-26(24-12-15-5-4-6-17(10-15)28-2)19(14-30-22)16-7-8-20-18(11-16)25-21(27)13-29-20/h3-8,10-12,14H,1,9,13H2,2H3,(H,25,27). The summed E-state index contributed by atoms with van der Waals surface area (Å²) in [6, 6.07) is 13.3. The number of methoxy groups -OCH3 is 1.